The van der Waals surface area contributed by atoms with E-state index in [0.717, 1.165) is 16.8 Å². The average Bonchev–Trinajstić information content (AvgIpc) is 3.14. The van der Waals surface area contributed by atoms with Gasteiger partial charge in [-0.25, -0.2) is 18.5 Å². The summed E-state index contributed by atoms with van der Waals surface area (Å²) in [4.78, 5) is 16.7. The highest BCUT2D eigenvalue weighted by Crippen LogP contribution is 2.30. The Hall–Kier alpha value is -2.95. The van der Waals surface area contributed by atoms with Crippen molar-refractivity contribution >= 4 is 38.1 Å². The third-order valence-electron chi connectivity index (χ3n) is 4.04. The van der Waals surface area contributed by atoms with Crippen molar-refractivity contribution < 1.29 is 17.9 Å². The molecule has 0 atom stereocenters. The van der Waals surface area contributed by atoms with E-state index in [1.165, 1.54) is 23.5 Å². The summed E-state index contributed by atoms with van der Waals surface area (Å²) in [6, 6.07) is 11.7. The molecule has 0 aliphatic heterocycles. The lowest BCUT2D eigenvalue weighted by Gasteiger charge is -2.09. The Balaban J connectivity index is 1.63. The van der Waals surface area contributed by atoms with Gasteiger partial charge in [-0.1, -0.05) is 18.2 Å². The molecule has 29 heavy (non-hydrogen) atoms. The monoisotopic (exact) mass is 432 g/mol. The second-order valence-electron chi connectivity index (χ2n) is 6.24. The summed E-state index contributed by atoms with van der Waals surface area (Å²) in [6.45, 7) is 2.20. The topological polar surface area (TPSA) is 123 Å². The number of hydrogen-bond acceptors (Lipinski definition) is 7. The number of nitrogens with two attached hydrogens (primary N) is 1. The molecule has 1 aromatic heterocycles. The third kappa shape index (κ3) is 5.31. The maximum Gasteiger partial charge on any atom is 0.271 e. The average molecular weight is 433 g/mol. The minimum Gasteiger partial charge on any atom is -0.495 e. The number of amides is 1. The summed E-state index contributed by atoms with van der Waals surface area (Å²) in [6.07, 6.45) is 0. The van der Waals surface area contributed by atoms with Crippen LogP contribution in [0.4, 0.5) is 10.8 Å². The number of aryl methyl sites for hydroxylation is 1. The van der Waals surface area contributed by atoms with Crippen LogP contribution in [-0.2, 0) is 16.6 Å². The van der Waals surface area contributed by atoms with Crippen LogP contribution in [0.1, 0.15) is 21.6 Å². The van der Waals surface area contributed by atoms with E-state index in [2.05, 4.69) is 15.6 Å². The number of rotatable bonds is 7. The third-order valence-corrected chi connectivity index (χ3v) is 5.73. The second kappa shape index (κ2) is 8.60. The summed E-state index contributed by atoms with van der Waals surface area (Å²) in [5.41, 5.74) is 2.86. The van der Waals surface area contributed by atoms with E-state index in [4.69, 9.17) is 9.88 Å². The molecule has 0 radical (unpaired) electrons. The van der Waals surface area contributed by atoms with Crippen molar-refractivity contribution in [3.63, 3.8) is 0 Å². The molecule has 0 aliphatic rings. The zero-order valence-electron chi connectivity index (χ0n) is 15.8. The highest BCUT2D eigenvalue weighted by atomic mass is 32.2. The quantitative estimate of drug-likeness (QED) is 0.527. The SMILES string of the molecule is COc1ccc(C)cc1Nc1nc(C(=O)NCc2ccc(S(N)(=O)=O)cc2)cs1. The molecular weight excluding hydrogens is 412 g/mol. The van der Waals surface area contributed by atoms with Crippen LogP contribution in [0.3, 0.4) is 0 Å². The van der Waals surface area contributed by atoms with Gasteiger partial charge in [-0.15, -0.1) is 11.3 Å². The largest absolute Gasteiger partial charge is 0.495 e. The van der Waals surface area contributed by atoms with E-state index in [9.17, 15) is 13.2 Å². The van der Waals surface area contributed by atoms with Gasteiger partial charge >= 0.3 is 0 Å². The molecule has 0 unspecified atom stereocenters. The number of methoxy groups -OCH3 is 1. The zero-order valence-corrected chi connectivity index (χ0v) is 17.4. The van der Waals surface area contributed by atoms with Gasteiger partial charge in [0.1, 0.15) is 11.4 Å². The molecule has 0 aliphatic carbocycles. The van der Waals surface area contributed by atoms with Crippen molar-refractivity contribution in [2.45, 2.75) is 18.4 Å². The second-order valence-corrected chi connectivity index (χ2v) is 8.66. The highest BCUT2D eigenvalue weighted by molar-refractivity contribution is 7.89. The minimum atomic E-state index is -3.74. The van der Waals surface area contributed by atoms with Crippen molar-refractivity contribution in [1.29, 1.82) is 0 Å². The molecule has 0 saturated carbocycles. The molecule has 3 aromatic rings. The molecule has 4 N–H and O–H groups in total. The summed E-state index contributed by atoms with van der Waals surface area (Å²) in [7, 11) is -2.15. The maximum absolute atomic E-state index is 12.4. The fraction of sp³-hybridized carbons (Fsp3) is 0.158. The molecule has 0 bridgehead atoms. The molecule has 0 saturated heterocycles. The number of benzene rings is 2. The van der Waals surface area contributed by atoms with Gasteiger partial charge in [0, 0.05) is 11.9 Å². The first-order chi connectivity index (χ1) is 13.8. The standard InChI is InChI=1S/C19H20N4O4S2/c1-12-3-8-17(27-2)15(9-12)22-19-23-16(11-28-19)18(24)21-10-13-4-6-14(7-5-13)29(20,25)26/h3-9,11H,10H2,1-2H3,(H,21,24)(H,22,23)(H2,20,25,26). The highest BCUT2D eigenvalue weighted by Gasteiger charge is 2.13. The molecule has 0 fully saturated rings. The summed E-state index contributed by atoms with van der Waals surface area (Å²) >= 11 is 1.30. The number of hydrogen-bond donors (Lipinski definition) is 3. The number of primary sulfonamides is 1. The fourth-order valence-corrected chi connectivity index (χ4v) is 3.76. The van der Waals surface area contributed by atoms with Crippen LogP contribution >= 0.6 is 11.3 Å². The van der Waals surface area contributed by atoms with Crippen LogP contribution < -0.4 is 20.5 Å². The number of carbonyl (C=O) groups excluding carboxylic acids is 1. The summed E-state index contributed by atoms with van der Waals surface area (Å²) in [5, 5.41) is 13.2. The van der Waals surface area contributed by atoms with Crippen LogP contribution in [0.15, 0.2) is 52.7 Å². The Bertz CT molecular complexity index is 1130. The van der Waals surface area contributed by atoms with Crippen LogP contribution in [0.25, 0.3) is 0 Å². The Kier molecular flexibility index (Phi) is 6.16. The lowest BCUT2D eigenvalue weighted by molar-refractivity contribution is 0.0946. The van der Waals surface area contributed by atoms with Gasteiger partial charge < -0.3 is 15.4 Å². The number of ether oxygens (including phenoxy) is 1. The van der Waals surface area contributed by atoms with Gasteiger partial charge in [0.15, 0.2) is 5.13 Å². The van der Waals surface area contributed by atoms with E-state index in [1.807, 2.05) is 25.1 Å². The zero-order chi connectivity index (χ0) is 21.0. The van der Waals surface area contributed by atoms with Crippen molar-refractivity contribution in [2.24, 2.45) is 5.14 Å². The number of carbonyl (C=O) groups is 1. The summed E-state index contributed by atoms with van der Waals surface area (Å²) in [5.74, 6) is 0.348. The molecule has 2 aromatic carbocycles. The van der Waals surface area contributed by atoms with Gasteiger partial charge in [0.2, 0.25) is 10.0 Å². The van der Waals surface area contributed by atoms with Crippen molar-refractivity contribution in [3.05, 3.63) is 64.7 Å². The van der Waals surface area contributed by atoms with E-state index in [-0.39, 0.29) is 23.0 Å². The maximum atomic E-state index is 12.4. The van der Waals surface area contributed by atoms with Gasteiger partial charge in [-0.05, 0) is 42.3 Å². The normalized spacial score (nSPS) is 11.1. The van der Waals surface area contributed by atoms with Gasteiger partial charge in [-0.2, -0.15) is 0 Å². The van der Waals surface area contributed by atoms with E-state index < -0.39 is 10.0 Å². The Morgan fingerprint density at radius 1 is 1.21 bits per heavy atom. The fourth-order valence-electron chi connectivity index (χ4n) is 2.54. The summed E-state index contributed by atoms with van der Waals surface area (Å²) < 4.78 is 27.9. The molecule has 8 nitrogen and oxygen atoms in total. The van der Waals surface area contributed by atoms with Gasteiger partial charge in [-0.3, -0.25) is 4.79 Å². The van der Waals surface area contributed by atoms with Crippen LogP contribution in [-0.4, -0.2) is 26.4 Å². The van der Waals surface area contributed by atoms with E-state index >= 15 is 0 Å². The number of thiazole rings is 1. The molecule has 1 heterocycles. The Labute approximate surface area is 172 Å². The van der Waals surface area contributed by atoms with Crippen molar-refractivity contribution in [1.82, 2.24) is 10.3 Å². The Morgan fingerprint density at radius 3 is 2.59 bits per heavy atom. The number of nitrogens with one attached hydrogen (secondary N) is 2. The molecule has 1 amide bonds. The minimum absolute atomic E-state index is 0.0226. The van der Waals surface area contributed by atoms with Crippen LogP contribution in [0, 0.1) is 6.92 Å². The predicted molar refractivity (Wildman–Crippen MR) is 112 cm³/mol. The number of nitrogens with zero attached hydrogens (tertiary/aromatic N) is 1. The van der Waals surface area contributed by atoms with Gasteiger partial charge in [0.25, 0.3) is 5.91 Å². The number of anilines is 2. The van der Waals surface area contributed by atoms with Crippen LogP contribution in [0.2, 0.25) is 0 Å². The smallest absolute Gasteiger partial charge is 0.271 e. The first-order valence-corrected chi connectivity index (χ1v) is 11.0. The van der Waals surface area contributed by atoms with E-state index in [1.54, 1.807) is 24.6 Å². The number of aromatic nitrogens is 1. The lowest BCUT2D eigenvalue weighted by atomic mass is 10.2. The van der Waals surface area contributed by atoms with Crippen molar-refractivity contribution in [3.8, 4) is 5.75 Å². The van der Waals surface area contributed by atoms with Crippen molar-refractivity contribution in [2.75, 3.05) is 12.4 Å². The molecule has 10 heteroatoms. The molecule has 0 spiro atoms. The van der Waals surface area contributed by atoms with Gasteiger partial charge in [0.05, 0.1) is 17.7 Å². The first kappa shape index (κ1) is 20.8. The van der Waals surface area contributed by atoms with E-state index in [0.29, 0.717) is 10.9 Å². The first-order valence-electron chi connectivity index (χ1n) is 8.53. The Morgan fingerprint density at radius 2 is 1.93 bits per heavy atom. The predicted octanol–water partition coefficient (Wildman–Crippen LogP) is 2.78. The van der Waals surface area contributed by atoms with Crippen LogP contribution in [0.5, 0.6) is 5.75 Å². The molecule has 152 valence electrons. The lowest BCUT2D eigenvalue weighted by Crippen LogP contribution is -2.23. The number of sulfonamides is 1. The molecule has 3 rings (SSSR count). The molecular formula is C19H20N4O4S2.